The molecule has 0 aliphatic heterocycles. The first-order valence-corrected chi connectivity index (χ1v) is 7.16. The van der Waals surface area contributed by atoms with Crippen LogP contribution in [-0.4, -0.2) is 10.9 Å². The highest BCUT2D eigenvalue weighted by atomic mass is 19.1. The molecule has 1 heterocycles. The molecule has 0 unspecified atom stereocenters. The Morgan fingerprint density at radius 2 is 1.58 bits per heavy atom. The average molecular weight is 325 g/mol. The predicted molar refractivity (Wildman–Crippen MR) is 88.3 cm³/mol. The Kier molecular flexibility index (Phi) is 4.47. The maximum atomic E-state index is 13.1. The Hall–Kier alpha value is -3.28. The molecule has 0 aliphatic rings. The Bertz CT molecular complexity index is 849. The first-order valence-electron chi connectivity index (χ1n) is 7.16. The van der Waals surface area contributed by atoms with Gasteiger partial charge >= 0.3 is 0 Å². The zero-order chi connectivity index (χ0) is 16.9. The highest BCUT2D eigenvalue weighted by Gasteiger charge is 2.08. The first kappa shape index (κ1) is 15.6. The second-order valence-corrected chi connectivity index (χ2v) is 5.03. The lowest BCUT2D eigenvalue weighted by molar-refractivity contribution is 0.102. The van der Waals surface area contributed by atoms with Gasteiger partial charge in [-0.2, -0.15) is 0 Å². The molecule has 0 fully saturated rings. The van der Waals surface area contributed by atoms with Crippen LogP contribution in [0.4, 0.5) is 25.8 Å². The zero-order valence-corrected chi connectivity index (χ0v) is 12.5. The second kappa shape index (κ2) is 6.87. The summed E-state index contributed by atoms with van der Waals surface area (Å²) in [6.07, 6.45) is 1.49. The van der Waals surface area contributed by atoms with Crippen LogP contribution in [0.1, 0.15) is 10.5 Å². The van der Waals surface area contributed by atoms with Crippen molar-refractivity contribution in [2.45, 2.75) is 0 Å². The van der Waals surface area contributed by atoms with E-state index in [0.717, 1.165) is 0 Å². The number of benzene rings is 2. The molecule has 1 amide bonds. The van der Waals surface area contributed by atoms with Crippen LogP contribution in [0.25, 0.3) is 0 Å². The summed E-state index contributed by atoms with van der Waals surface area (Å²) < 4.78 is 26.0. The monoisotopic (exact) mass is 325 g/mol. The molecule has 0 saturated heterocycles. The Morgan fingerprint density at radius 1 is 0.833 bits per heavy atom. The van der Waals surface area contributed by atoms with Gasteiger partial charge in [0.1, 0.15) is 17.3 Å². The Labute approximate surface area is 137 Å². The number of carbonyl (C=O) groups excluding carboxylic acids is 1. The third-order valence-electron chi connectivity index (χ3n) is 3.21. The van der Waals surface area contributed by atoms with Gasteiger partial charge < -0.3 is 10.6 Å². The predicted octanol–water partition coefficient (Wildman–Crippen LogP) is 4.36. The Morgan fingerprint density at radius 3 is 2.25 bits per heavy atom. The fourth-order valence-electron chi connectivity index (χ4n) is 2.06. The molecule has 0 spiro atoms. The number of nitrogens with zero attached hydrogens (tertiary/aromatic N) is 1. The molecule has 0 radical (unpaired) electrons. The number of hydrogen-bond acceptors (Lipinski definition) is 3. The average Bonchev–Trinajstić information content (AvgIpc) is 2.57. The molecule has 1 aromatic heterocycles. The third kappa shape index (κ3) is 3.92. The smallest absolute Gasteiger partial charge is 0.274 e. The number of carbonyl (C=O) groups is 1. The highest BCUT2D eigenvalue weighted by Crippen LogP contribution is 2.17. The van der Waals surface area contributed by atoms with Crippen molar-refractivity contribution in [3.63, 3.8) is 0 Å². The number of aromatic nitrogens is 1. The number of rotatable bonds is 4. The van der Waals surface area contributed by atoms with Gasteiger partial charge in [0.15, 0.2) is 0 Å². The van der Waals surface area contributed by atoms with Crippen molar-refractivity contribution in [2.24, 2.45) is 0 Å². The number of nitrogens with one attached hydrogen (secondary N) is 2. The highest BCUT2D eigenvalue weighted by molar-refractivity contribution is 6.02. The summed E-state index contributed by atoms with van der Waals surface area (Å²) in [5.74, 6) is -1.18. The maximum absolute atomic E-state index is 13.1. The van der Waals surface area contributed by atoms with Gasteiger partial charge in [-0.1, -0.05) is 6.07 Å². The van der Waals surface area contributed by atoms with Crippen LogP contribution in [0.2, 0.25) is 0 Å². The van der Waals surface area contributed by atoms with Crippen molar-refractivity contribution < 1.29 is 13.6 Å². The summed E-state index contributed by atoms with van der Waals surface area (Å²) in [6, 6.07) is 14.7. The molecule has 0 atom stereocenters. The van der Waals surface area contributed by atoms with E-state index in [-0.39, 0.29) is 11.5 Å². The molecule has 0 aliphatic carbocycles. The van der Waals surface area contributed by atoms with Gasteiger partial charge in [0, 0.05) is 11.4 Å². The van der Waals surface area contributed by atoms with Crippen molar-refractivity contribution in [3.8, 4) is 0 Å². The van der Waals surface area contributed by atoms with E-state index in [1.165, 1.54) is 36.5 Å². The van der Waals surface area contributed by atoms with Gasteiger partial charge in [0.05, 0.1) is 11.9 Å². The van der Waals surface area contributed by atoms with Gasteiger partial charge in [0.2, 0.25) is 0 Å². The molecule has 3 rings (SSSR count). The summed E-state index contributed by atoms with van der Waals surface area (Å²) in [5, 5.41) is 5.61. The van der Waals surface area contributed by atoms with Crippen molar-refractivity contribution in [2.75, 3.05) is 10.6 Å². The fraction of sp³-hybridized carbons (Fsp3) is 0. The number of amides is 1. The van der Waals surface area contributed by atoms with Crippen molar-refractivity contribution in [1.82, 2.24) is 4.98 Å². The molecule has 4 nitrogen and oxygen atoms in total. The molecular formula is C18H13F2N3O. The first-order chi connectivity index (χ1) is 11.6. The van der Waals surface area contributed by atoms with Crippen LogP contribution in [0.3, 0.4) is 0 Å². The molecule has 2 aromatic carbocycles. The number of halogens is 2. The molecule has 0 bridgehead atoms. The minimum atomic E-state index is -0.436. The lowest BCUT2D eigenvalue weighted by Crippen LogP contribution is -2.13. The topological polar surface area (TPSA) is 54.0 Å². The molecule has 0 saturated carbocycles. The third-order valence-corrected chi connectivity index (χ3v) is 3.21. The van der Waals surface area contributed by atoms with E-state index in [1.807, 2.05) is 0 Å². The number of anilines is 3. The molecular weight excluding hydrogens is 312 g/mol. The van der Waals surface area contributed by atoms with E-state index in [0.29, 0.717) is 17.1 Å². The zero-order valence-electron chi connectivity index (χ0n) is 12.5. The van der Waals surface area contributed by atoms with Crippen LogP contribution in [0.15, 0.2) is 66.9 Å². The van der Waals surface area contributed by atoms with E-state index >= 15 is 0 Å². The van der Waals surface area contributed by atoms with Crippen LogP contribution >= 0.6 is 0 Å². The molecule has 2 N–H and O–H groups in total. The summed E-state index contributed by atoms with van der Waals surface area (Å²) >= 11 is 0. The Balaban J connectivity index is 1.67. The largest absolute Gasteiger partial charge is 0.354 e. The SMILES string of the molecule is O=C(Nc1cccc(F)c1)c1ccc(Nc2ccc(F)cc2)cn1. The van der Waals surface area contributed by atoms with Gasteiger partial charge in [-0.25, -0.2) is 13.8 Å². The van der Waals surface area contributed by atoms with E-state index in [4.69, 9.17) is 0 Å². The van der Waals surface area contributed by atoms with Crippen molar-refractivity contribution in [3.05, 3.63) is 84.2 Å². The summed E-state index contributed by atoms with van der Waals surface area (Å²) in [4.78, 5) is 16.1. The molecule has 120 valence electrons. The van der Waals surface area contributed by atoms with Crippen LogP contribution in [0, 0.1) is 11.6 Å². The minimum absolute atomic E-state index is 0.198. The molecule has 3 aromatic rings. The van der Waals surface area contributed by atoms with Gasteiger partial charge in [-0.3, -0.25) is 4.79 Å². The summed E-state index contributed by atoms with van der Waals surface area (Å²) in [5.41, 5.74) is 1.92. The summed E-state index contributed by atoms with van der Waals surface area (Å²) in [7, 11) is 0. The lowest BCUT2D eigenvalue weighted by atomic mass is 10.2. The van der Waals surface area contributed by atoms with Gasteiger partial charge in [-0.15, -0.1) is 0 Å². The van der Waals surface area contributed by atoms with Crippen molar-refractivity contribution in [1.29, 1.82) is 0 Å². The van der Waals surface area contributed by atoms with Crippen LogP contribution in [0.5, 0.6) is 0 Å². The quantitative estimate of drug-likeness (QED) is 0.749. The van der Waals surface area contributed by atoms with E-state index in [9.17, 15) is 13.6 Å². The lowest BCUT2D eigenvalue weighted by Gasteiger charge is -2.08. The normalized spacial score (nSPS) is 10.2. The second-order valence-electron chi connectivity index (χ2n) is 5.03. The molecule has 24 heavy (non-hydrogen) atoms. The van der Waals surface area contributed by atoms with Gasteiger partial charge in [-0.05, 0) is 54.6 Å². The van der Waals surface area contributed by atoms with E-state index < -0.39 is 11.7 Å². The van der Waals surface area contributed by atoms with Crippen molar-refractivity contribution >= 4 is 23.0 Å². The maximum Gasteiger partial charge on any atom is 0.274 e. The van der Waals surface area contributed by atoms with E-state index in [2.05, 4.69) is 15.6 Å². The molecule has 6 heteroatoms. The fourth-order valence-corrected chi connectivity index (χ4v) is 2.06. The summed E-state index contributed by atoms with van der Waals surface area (Å²) in [6.45, 7) is 0. The number of pyridine rings is 1. The van der Waals surface area contributed by atoms with Crippen LogP contribution in [-0.2, 0) is 0 Å². The van der Waals surface area contributed by atoms with Gasteiger partial charge in [0.25, 0.3) is 5.91 Å². The van der Waals surface area contributed by atoms with E-state index in [1.54, 1.807) is 30.3 Å². The standard InChI is InChI=1S/C18H13F2N3O/c19-12-4-6-14(7-5-12)22-16-8-9-17(21-11-16)18(24)23-15-3-1-2-13(20)10-15/h1-11,22H,(H,23,24). The van der Waals surface area contributed by atoms with Crippen LogP contribution < -0.4 is 10.6 Å². The number of hydrogen-bond donors (Lipinski definition) is 2. The minimum Gasteiger partial charge on any atom is -0.354 e.